The highest BCUT2D eigenvalue weighted by molar-refractivity contribution is 7.89. The lowest BCUT2D eigenvalue weighted by atomic mass is 9.74. The molecule has 0 spiro atoms. The average Bonchev–Trinajstić information content (AvgIpc) is 2.88. The Labute approximate surface area is 207 Å². The van der Waals surface area contributed by atoms with Gasteiger partial charge < -0.3 is 5.11 Å². The number of nitriles is 1. The van der Waals surface area contributed by atoms with E-state index in [4.69, 9.17) is 5.26 Å². The number of rotatable bonds is 5. The summed E-state index contributed by atoms with van der Waals surface area (Å²) in [4.78, 5) is 2.61. The fraction of sp³-hybridized carbons (Fsp3) is 0.321. The second-order valence-electron chi connectivity index (χ2n) is 9.28. The summed E-state index contributed by atoms with van der Waals surface area (Å²) < 4.78 is 28.4. The Kier molecular flexibility index (Phi) is 6.72. The topological polar surface area (TPSA) is 84.6 Å². The van der Waals surface area contributed by atoms with Crippen molar-refractivity contribution in [2.24, 2.45) is 0 Å². The first kappa shape index (κ1) is 23.7. The zero-order valence-electron chi connectivity index (χ0n) is 19.5. The zero-order valence-corrected chi connectivity index (χ0v) is 20.3. The maximum absolute atomic E-state index is 13.4. The highest BCUT2D eigenvalue weighted by atomic mass is 32.2. The van der Waals surface area contributed by atoms with Crippen molar-refractivity contribution in [3.8, 4) is 17.2 Å². The van der Waals surface area contributed by atoms with Crippen molar-refractivity contribution in [1.29, 1.82) is 5.26 Å². The van der Waals surface area contributed by atoms with E-state index in [1.165, 1.54) is 0 Å². The van der Waals surface area contributed by atoms with Crippen LogP contribution >= 0.6 is 0 Å². The minimum atomic E-state index is -3.58. The maximum Gasteiger partial charge on any atom is 0.243 e. The SMILES string of the molecule is N#Cc1ccc(-c2ccc([C@@H]3[C@H](CO)N4CCCCN(S(=O)(=O)c5ccccc5)C[C@@H]34)cc2)cc1. The summed E-state index contributed by atoms with van der Waals surface area (Å²) >= 11 is 0. The zero-order chi connectivity index (χ0) is 24.4. The van der Waals surface area contributed by atoms with Crippen molar-refractivity contribution < 1.29 is 13.5 Å². The standard InChI is InChI=1S/C28H29N3O3S/c29-18-21-8-10-22(11-9-21)23-12-14-24(15-13-23)28-26-19-30(16-4-5-17-31(26)27(28)20-32)35(33,34)25-6-2-1-3-7-25/h1-3,6-15,26-28,32H,4-5,16-17,19-20H2/t26-,27-,28-/m0/s1. The quantitative estimate of drug-likeness (QED) is 0.591. The van der Waals surface area contributed by atoms with Crippen LogP contribution in [0.3, 0.4) is 0 Å². The molecule has 0 saturated carbocycles. The van der Waals surface area contributed by atoms with Gasteiger partial charge in [-0.05, 0) is 60.3 Å². The van der Waals surface area contributed by atoms with Gasteiger partial charge in [-0.1, -0.05) is 54.6 Å². The highest BCUT2D eigenvalue weighted by Crippen LogP contribution is 2.43. The van der Waals surface area contributed by atoms with Gasteiger partial charge in [0.1, 0.15) is 0 Å². The lowest BCUT2D eigenvalue weighted by Gasteiger charge is -2.57. The molecule has 5 rings (SSSR count). The van der Waals surface area contributed by atoms with Gasteiger partial charge in [0.25, 0.3) is 0 Å². The summed E-state index contributed by atoms with van der Waals surface area (Å²) in [6.45, 7) is 1.84. The smallest absolute Gasteiger partial charge is 0.243 e. The summed E-state index contributed by atoms with van der Waals surface area (Å²) in [6.07, 6.45) is 1.70. The highest BCUT2D eigenvalue weighted by Gasteiger charge is 2.50. The molecular formula is C28H29N3O3S. The molecular weight excluding hydrogens is 458 g/mol. The van der Waals surface area contributed by atoms with Crippen LogP contribution in [0.5, 0.6) is 0 Å². The molecule has 3 aromatic carbocycles. The third-order valence-electron chi connectivity index (χ3n) is 7.36. The van der Waals surface area contributed by atoms with E-state index >= 15 is 0 Å². The molecule has 2 heterocycles. The summed E-state index contributed by atoms with van der Waals surface area (Å²) in [7, 11) is -3.58. The van der Waals surface area contributed by atoms with Gasteiger partial charge in [-0.15, -0.1) is 0 Å². The Bertz CT molecular complexity index is 1300. The Hall–Kier alpha value is -3.02. The first-order valence-electron chi connectivity index (χ1n) is 12.1. The molecule has 35 heavy (non-hydrogen) atoms. The molecule has 180 valence electrons. The molecule has 2 fully saturated rings. The van der Waals surface area contributed by atoms with Crippen molar-refractivity contribution in [2.45, 2.75) is 35.7 Å². The molecule has 0 aliphatic carbocycles. The molecule has 0 radical (unpaired) electrons. The van der Waals surface area contributed by atoms with Gasteiger partial charge in [-0.2, -0.15) is 9.57 Å². The van der Waals surface area contributed by atoms with Gasteiger partial charge in [0, 0.05) is 31.1 Å². The predicted molar refractivity (Wildman–Crippen MR) is 135 cm³/mol. The Morgan fingerprint density at radius 3 is 2.14 bits per heavy atom. The summed E-state index contributed by atoms with van der Waals surface area (Å²) in [5.74, 6) is 0.0570. The van der Waals surface area contributed by atoms with Gasteiger partial charge >= 0.3 is 0 Å². The van der Waals surface area contributed by atoms with Crippen molar-refractivity contribution in [3.63, 3.8) is 0 Å². The summed E-state index contributed by atoms with van der Waals surface area (Å²) in [5.41, 5.74) is 3.84. The molecule has 0 unspecified atom stereocenters. The second kappa shape index (κ2) is 9.92. The van der Waals surface area contributed by atoms with Crippen LogP contribution < -0.4 is 0 Å². The van der Waals surface area contributed by atoms with Gasteiger partial charge in [0.2, 0.25) is 10.0 Å². The van der Waals surface area contributed by atoms with Gasteiger partial charge in [-0.3, -0.25) is 4.90 Å². The van der Waals surface area contributed by atoms with Crippen LogP contribution in [0.2, 0.25) is 0 Å². The molecule has 2 aliphatic heterocycles. The lowest BCUT2D eigenvalue weighted by molar-refractivity contribution is -0.0553. The number of aliphatic hydroxyl groups excluding tert-OH is 1. The average molecular weight is 488 g/mol. The van der Waals surface area contributed by atoms with Crippen molar-refractivity contribution in [2.75, 3.05) is 26.2 Å². The molecule has 0 bridgehead atoms. The van der Waals surface area contributed by atoms with Crippen LogP contribution in [0.25, 0.3) is 11.1 Å². The van der Waals surface area contributed by atoms with E-state index in [1.807, 2.05) is 30.3 Å². The number of nitrogens with zero attached hydrogens (tertiary/aromatic N) is 3. The van der Waals surface area contributed by atoms with Crippen LogP contribution in [-0.4, -0.2) is 61.1 Å². The van der Waals surface area contributed by atoms with Crippen LogP contribution in [-0.2, 0) is 10.0 Å². The van der Waals surface area contributed by atoms with Gasteiger partial charge in [0.05, 0.1) is 23.1 Å². The Morgan fingerprint density at radius 2 is 1.51 bits per heavy atom. The number of sulfonamides is 1. The van der Waals surface area contributed by atoms with E-state index in [-0.39, 0.29) is 24.6 Å². The van der Waals surface area contributed by atoms with Gasteiger partial charge in [0.15, 0.2) is 0 Å². The number of hydrogen-bond donors (Lipinski definition) is 1. The van der Waals surface area contributed by atoms with E-state index < -0.39 is 10.0 Å². The Balaban J connectivity index is 1.41. The summed E-state index contributed by atoms with van der Waals surface area (Å²) in [6, 6.07) is 26.6. The molecule has 1 N–H and O–H groups in total. The van der Waals surface area contributed by atoms with Crippen LogP contribution in [0.4, 0.5) is 0 Å². The van der Waals surface area contributed by atoms with Crippen LogP contribution in [0.15, 0.2) is 83.8 Å². The molecule has 0 aromatic heterocycles. The first-order valence-corrected chi connectivity index (χ1v) is 13.5. The molecule has 7 heteroatoms. The van der Waals surface area contributed by atoms with E-state index in [2.05, 4.69) is 35.2 Å². The van der Waals surface area contributed by atoms with E-state index in [0.717, 1.165) is 36.1 Å². The third kappa shape index (κ3) is 4.51. The second-order valence-corrected chi connectivity index (χ2v) is 11.2. The largest absolute Gasteiger partial charge is 0.395 e. The van der Waals surface area contributed by atoms with Gasteiger partial charge in [-0.25, -0.2) is 8.42 Å². The number of aliphatic hydroxyl groups is 1. The normalized spacial score (nSPS) is 23.4. The molecule has 6 nitrogen and oxygen atoms in total. The van der Waals surface area contributed by atoms with Crippen LogP contribution in [0, 0.1) is 11.3 Å². The fourth-order valence-corrected chi connectivity index (χ4v) is 7.02. The monoisotopic (exact) mass is 487 g/mol. The molecule has 0 amide bonds. The summed E-state index contributed by atoms with van der Waals surface area (Å²) in [5, 5.41) is 19.2. The number of fused-ring (bicyclic) bond motifs is 1. The predicted octanol–water partition coefficient (Wildman–Crippen LogP) is 3.84. The van der Waals surface area contributed by atoms with Crippen molar-refractivity contribution in [1.82, 2.24) is 9.21 Å². The first-order chi connectivity index (χ1) is 17.0. The molecule has 3 aromatic rings. The fourth-order valence-electron chi connectivity index (χ4n) is 5.50. The van der Waals surface area contributed by atoms with Crippen LogP contribution in [0.1, 0.15) is 29.9 Å². The number of benzene rings is 3. The minimum absolute atomic E-state index is 0.0138. The van der Waals surface area contributed by atoms with E-state index in [0.29, 0.717) is 23.5 Å². The molecule has 2 saturated heterocycles. The van der Waals surface area contributed by atoms with E-state index in [1.54, 1.807) is 28.6 Å². The molecule has 2 aliphatic rings. The maximum atomic E-state index is 13.4. The minimum Gasteiger partial charge on any atom is -0.395 e. The van der Waals surface area contributed by atoms with Crippen molar-refractivity contribution >= 4 is 10.0 Å². The van der Waals surface area contributed by atoms with E-state index in [9.17, 15) is 13.5 Å². The Morgan fingerprint density at radius 1 is 0.886 bits per heavy atom. The van der Waals surface area contributed by atoms with Crippen molar-refractivity contribution in [3.05, 3.63) is 90.0 Å². The lowest BCUT2D eigenvalue weighted by Crippen LogP contribution is -2.67. The number of hydrogen-bond acceptors (Lipinski definition) is 5. The third-order valence-corrected chi connectivity index (χ3v) is 9.24. The molecule has 3 atom stereocenters.